The second-order valence-corrected chi connectivity index (χ2v) is 6.03. The number of esters is 1. The predicted molar refractivity (Wildman–Crippen MR) is 78.2 cm³/mol. The highest BCUT2D eigenvalue weighted by molar-refractivity contribution is 7.89. The Morgan fingerprint density at radius 1 is 1.52 bits per heavy atom. The molecular formula is C13H18N2O5S. The zero-order chi connectivity index (χ0) is 16.0. The lowest BCUT2D eigenvalue weighted by atomic mass is 10.2. The first-order chi connectivity index (χ1) is 9.88. The van der Waals surface area contributed by atoms with Crippen molar-refractivity contribution in [2.24, 2.45) is 0 Å². The van der Waals surface area contributed by atoms with Crippen LogP contribution in [-0.2, 0) is 14.8 Å². The molecule has 0 unspecified atom stereocenters. The van der Waals surface area contributed by atoms with Crippen LogP contribution in [0.3, 0.4) is 0 Å². The number of methoxy groups -OCH3 is 1. The molecule has 0 heterocycles. The molecule has 0 aliphatic carbocycles. The first-order valence-corrected chi connectivity index (χ1v) is 7.52. The van der Waals surface area contributed by atoms with Gasteiger partial charge in [0.1, 0.15) is 4.90 Å². The molecule has 0 fully saturated rings. The van der Waals surface area contributed by atoms with Crippen LogP contribution in [0.15, 0.2) is 35.7 Å². The number of anilines is 1. The van der Waals surface area contributed by atoms with Crippen molar-refractivity contribution in [1.29, 1.82) is 0 Å². The van der Waals surface area contributed by atoms with Crippen molar-refractivity contribution in [3.63, 3.8) is 0 Å². The number of ether oxygens (including phenoxy) is 1. The van der Waals surface area contributed by atoms with E-state index in [1.165, 1.54) is 31.4 Å². The van der Waals surface area contributed by atoms with Crippen LogP contribution in [0.4, 0.5) is 5.69 Å². The van der Waals surface area contributed by atoms with Gasteiger partial charge in [0.2, 0.25) is 10.0 Å². The van der Waals surface area contributed by atoms with Crippen LogP contribution in [0.1, 0.15) is 10.4 Å². The lowest BCUT2D eigenvalue weighted by molar-refractivity contribution is 0.0600. The number of nitrogens with two attached hydrogens (primary N) is 1. The molecule has 1 aromatic rings. The number of nitrogen functional groups attached to an aromatic ring is 1. The average Bonchev–Trinajstić information content (AvgIpc) is 2.45. The monoisotopic (exact) mass is 314 g/mol. The number of sulfonamides is 1. The molecule has 0 saturated carbocycles. The summed E-state index contributed by atoms with van der Waals surface area (Å²) < 4.78 is 30.5. The van der Waals surface area contributed by atoms with Gasteiger partial charge in [-0.3, -0.25) is 0 Å². The van der Waals surface area contributed by atoms with Gasteiger partial charge < -0.3 is 15.6 Å². The number of carbonyl (C=O) groups is 1. The van der Waals surface area contributed by atoms with E-state index >= 15 is 0 Å². The van der Waals surface area contributed by atoms with Gasteiger partial charge >= 0.3 is 5.97 Å². The third-order valence-corrected chi connectivity index (χ3v) is 4.67. The van der Waals surface area contributed by atoms with Crippen LogP contribution in [0, 0.1) is 0 Å². The fraction of sp³-hybridized carbons (Fsp3) is 0.308. The fourth-order valence-electron chi connectivity index (χ4n) is 1.73. The number of benzene rings is 1. The highest BCUT2D eigenvalue weighted by atomic mass is 32.2. The molecule has 0 amide bonds. The maximum absolute atomic E-state index is 12.5. The number of aliphatic hydroxyl groups is 1. The van der Waals surface area contributed by atoms with Gasteiger partial charge in [-0.1, -0.05) is 6.08 Å². The molecule has 1 aromatic carbocycles. The quantitative estimate of drug-likeness (QED) is 0.423. The van der Waals surface area contributed by atoms with Gasteiger partial charge in [0, 0.05) is 13.1 Å². The Labute approximate surface area is 123 Å². The van der Waals surface area contributed by atoms with Gasteiger partial charge in [-0.25, -0.2) is 13.2 Å². The van der Waals surface area contributed by atoms with Crippen LogP contribution >= 0.6 is 0 Å². The lowest BCUT2D eigenvalue weighted by Crippen LogP contribution is -2.34. The van der Waals surface area contributed by atoms with Crippen LogP contribution in [0.2, 0.25) is 0 Å². The molecule has 3 N–H and O–H groups in total. The first kappa shape index (κ1) is 17.2. The van der Waals surface area contributed by atoms with Crippen LogP contribution < -0.4 is 5.73 Å². The van der Waals surface area contributed by atoms with E-state index in [-0.39, 0.29) is 35.8 Å². The molecule has 0 radical (unpaired) electrons. The molecule has 21 heavy (non-hydrogen) atoms. The standard InChI is InChI=1S/C13H18N2O5S/c1-3-6-15(7-8-16)21(18,19)12-5-4-10(9-11(12)14)13(17)20-2/h3-5,9,16H,1,6-8,14H2,2H3. The molecule has 0 aromatic heterocycles. The van der Waals surface area contributed by atoms with Gasteiger partial charge in [0.25, 0.3) is 0 Å². The smallest absolute Gasteiger partial charge is 0.337 e. The minimum atomic E-state index is -3.88. The molecule has 0 atom stereocenters. The number of nitrogens with zero attached hydrogens (tertiary/aromatic N) is 1. The van der Waals surface area contributed by atoms with E-state index in [4.69, 9.17) is 10.8 Å². The number of aliphatic hydroxyl groups excluding tert-OH is 1. The summed E-state index contributed by atoms with van der Waals surface area (Å²) in [6, 6.07) is 3.80. The molecule has 1 rings (SSSR count). The van der Waals surface area contributed by atoms with Crippen LogP contribution in [0.5, 0.6) is 0 Å². The number of rotatable bonds is 7. The summed E-state index contributed by atoms with van der Waals surface area (Å²) in [6.07, 6.45) is 1.41. The Morgan fingerprint density at radius 2 is 2.19 bits per heavy atom. The van der Waals surface area contributed by atoms with E-state index in [1.54, 1.807) is 0 Å². The average molecular weight is 314 g/mol. The molecule has 116 valence electrons. The number of hydrogen-bond donors (Lipinski definition) is 2. The SMILES string of the molecule is C=CCN(CCO)S(=O)(=O)c1ccc(C(=O)OC)cc1N. The Kier molecular flexibility index (Phi) is 5.89. The Hall–Kier alpha value is -1.90. The topological polar surface area (TPSA) is 110 Å². The van der Waals surface area contributed by atoms with Gasteiger partial charge in [-0.2, -0.15) is 4.31 Å². The predicted octanol–water partition coefficient (Wildman–Crippen LogP) is 0.224. The van der Waals surface area contributed by atoms with E-state index in [0.29, 0.717) is 0 Å². The molecular weight excluding hydrogens is 296 g/mol. The Balaban J connectivity index is 3.24. The molecule has 0 saturated heterocycles. The molecule has 0 bridgehead atoms. The minimum Gasteiger partial charge on any atom is -0.465 e. The second kappa shape index (κ2) is 7.21. The summed E-state index contributed by atoms with van der Waals surface area (Å²) in [5.41, 5.74) is 5.82. The summed E-state index contributed by atoms with van der Waals surface area (Å²) in [6.45, 7) is 3.12. The summed E-state index contributed by atoms with van der Waals surface area (Å²) >= 11 is 0. The van der Waals surface area contributed by atoms with Crippen LogP contribution in [0.25, 0.3) is 0 Å². The van der Waals surface area contributed by atoms with E-state index in [9.17, 15) is 13.2 Å². The maximum Gasteiger partial charge on any atom is 0.337 e. The Morgan fingerprint density at radius 3 is 2.67 bits per heavy atom. The summed E-state index contributed by atoms with van der Waals surface area (Å²) in [5.74, 6) is -0.607. The molecule has 0 aliphatic rings. The van der Waals surface area contributed by atoms with Crippen molar-refractivity contribution >= 4 is 21.7 Å². The minimum absolute atomic E-state index is 0.0427. The van der Waals surface area contributed by atoms with E-state index < -0.39 is 16.0 Å². The van der Waals surface area contributed by atoms with Crippen molar-refractivity contribution in [1.82, 2.24) is 4.31 Å². The Bertz CT molecular complexity index is 627. The van der Waals surface area contributed by atoms with Gasteiger partial charge in [-0.15, -0.1) is 6.58 Å². The van der Waals surface area contributed by atoms with Gasteiger partial charge in [-0.05, 0) is 18.2 Å². The summed E-state index contributed by atoms with van der Waals surface area (Å²) in [5, 5.41) is 8.96. The zero-order valence-electron chi connectivity index (χ0n) is 11.7. The summed E-state index contributed by atoms with van der Waals surface area (Å²) in [7, 11) is -2.66. The summed E-state index contributed by atoms with van der Waals surface area (Å²) in [4.78, 5) is 11.2. The van der Waals surface area contributed by atoms with Gasteiger partial charge in [0.05, 0.1) is 25.0 Å². The first-order valence-electron chi connectivity index (χ1n) is 6.08. The fourth-order valence-corrected chi connectivity index (χ4v) is 3.23. The van der Waals surface area contributed by atoms with Crippen molar-refractivity contribution in [3.05, 3.63) is 36.4 Å². The number of hydrogen-bond acceptors (Lipinski definition) is 6. The molecule has 0 spiro atoms. The maximum atomic E-state index is 12.5. The molecule has 7 nitrogen and oxygen atoms in total. The normalized spacial score (nSPS) is 11.4. The third kappa shape index (κ3) is 3.81. The van der Waals surface area contributed by atoms with E-state index in [2.05, 4.69) is 11.3 Å². The van der Waals surface area contributed by atoms with E-state index in [0.717, 1.165) is 4.31 Å². The lowest BCUT2D eigenvalue weighted by Gasteiger charge is -2.20. The molecule has 0 aliphatic heterocycles. The highest BCUT2D eigenvalue weighted by Crippen LogP contribution is 2.23. The van der Waals surface area contributed by atoms with Crippen molar-refractivity contribution in [2.45, 2.75) is 4.90 Å². The largest absolute Gasteiger partial charge is 0.465 e. The van der Waals surface area contributed by atoms with Crippen molar-refractivity contribution in [3.8, 4) is 0 Å². The van der Waals surface area contributed by atoms with Crippen molar-refractivity contribution < 1.29 is 23.1 Å². The van der Waals surface area contributed by atoms with E-state index in [1.807, 2.05) is 0 Å². The third-order valence-electron chi connectivity index (χ3n) is 2.73. The second-order valence-electron chi connectivity index (χ2n) is 4.12. The zero-order valence-corrected chi connectivity index (χ0v) is 12.5. The number of carbonyl (C=O) groups excluding carboxylic acids is 1. The molecule has 8 heteroatoms. The van der Waals surface area contributed by atoms with Crippen LogP contribution in [-0.4, -0.2) is 50.6 Å². The van der Waals surface area contributed by atoms with Gasteiger partial charge in [0.15, 0.2) is 0 Å². The van der Waals surface area contributed by atoms with Crippen molar-refractivity contribution in [2.75, 3.05) is 32.5 Å². The highest BCUT2D eigenvalue weighted by Gasteiger charge is 2.25.